The smallest absolute Gasteiger partial charge is 0.234 e. The fourth-order valence-corrected chi connectivity index (χ4v) is 2.49. The van der Waals surface area contributed by atoms with E-state index >= 15 is 0 Å². The summed E-state index contributed by atoms with van der Waals surface area (Å²) in [6, 6.07) is 7.44. The van der Waals surface area contributed by atoms with Gasteiger partial charge in [0.15, 0.2) is 0 Å². The summed E-state index contributed by atoms with van der Waals surface area (Å²) in [6.07, 6.45) is 2.80. The van der Waals surface area contributed by atoms with Gasteiger partial charge < -0.3 is 10.4 Å². The van der Waals surface area contributed by atoms with Crippen molar-refractivity contribution in [3.05, 3.63) is 34.9 Å². The number of benzene rings is 1. The van der Waals surface area contributed by atoms with Gasteiger partial charge in [-0.25, -0.2) is 0 Å². The molecule has 5 heteroatoms. The van der Waals surface area contributed by atoms with Gasteiger partial charge in [0.1, 0.15) is 0 Å². The van der Waals surface area contributed by atoms with E-state index in [4.69, 9.17) is 16.7 Å². The standard InChI is InChI=1S/C16H25ClN2O2/c1-13(14-8-4-5-9-15(14)17)18-16(21)12-19(2)10-6-3-7-11-20/h4-5,8-9,13,20H,3,6-7,10-12H2,1-2H3,(H,18,21). The number of carbonyl (C=O) groups excluding carboxylic acids is 1. The molecule has 0 aromatic heterocycles. The molecule has 0 saturated carbocycles. The van der Waals surface area contributed by atoms with Gasteiger partial charge in [-0.1, -0.05) is 29.8 Å². The summed E-state index contributed by atoms with van der Waals surface area (Å²) < 4.78 is 0. The van der Waals surface area contributed by atoms with Crippen molar-refractivity contribution in [2.24, 2.45) is 0 Å². The van der Waals surface area contributed by atoms with Gasteiger partial charge in [-0.05, 0) is 51.4 Å². The molecule has 1 atom stereocenters. The number of unbranched alkanes of at least 4 members (excludes halogenated alkanes) is 2. The van der Waals surface area contributed by atoms with E-state index < -0.39 is 0 Å². The molecule has 0 spiro atoms. The van der Waals surface area contributed by atoms with Crippen molar-refractivity contribution in [2.45, 2.75) is 32.2 Å². The quantitative estimate of drug-likeness (QED) is 0.689. The minimum absolute atomic E-state index is 0.00734. The highest BCUT2D eigenvalue weighted by molar-refractivity contribution is 6.31. The fourth-order valence-electron chi connectivity index (χ4n) is 2.19. The molecule has 0 fully saturated rings. The summed E-state index contributed by atoms with van der Waals surface area (Å²) in [5.74, 6) is -0.00734. The van der Waals surface area contributed by atoms with Crippen LogP contribution in [0.25, 0.3) is 0 Å². The minimum Gasteiger partial charge on any atom is -0.396 e. The number of carbonyl (C=O) groups is 1. The number of aliphatic hydroxyl groups is 1. The Kier molecular flexibility index (Phi) is 8.35. The molecule has 21 heavy (non-hydrogen) atoms. The predicted molar refractivity (Wildman–Crippen MR) is 86.4 cm³/mol. The highest BCUT2D eigenvalue weighted by Gasteiger charge is 2.13. The first kappa shape index (κ1) is 18.0. The average Bonchev–Trinajstić information content (AvgIpc) is 2.43. The maximum atomic E-state index is 12.0. The molecule has 1 aromatic rings. The van der Waals surface area contributed by atoms with Gasteiger partial charge in [-0.2, -0.15) is 0 Å². The third-order valence-electron chi connectivity index (χ3n) is 3.36. The lowest BCUT2D eigenvalue weighted by Crippen LogP contribution is -2.36. The molecule has 4 nitrogen and oxygen atoms in total. The highest BCUT2D eigenvalue weighted by atomic mass is 35.5. The molecule has 1 amide bonds. The first-order valence-electron chi connectivity index (χ1n) is 7.37. The monoisotopic (exact) mass is 312 g/mol. The van der Waals surface area contributed by atoms with Gasteiger partial charge in [0.05, 0.1) is 12.6 Å². The topological polar surface area (TPSA) is 52.6 Å². The number of hydrogen-bond acceptors (Lipinski definition) is 3. The van der Waals surface area contributed by atoms with Crippen LogP contribution < -0.4 is 5.32 Å². The van der Waals surface area contributed by atoms with Crippen LogP contribution in [0.15, 0.2) is 24.3 Å². The van der Waals surface area contributed by atoms with Gasteiger partial charge in [0.2, 0.25) is 5.91 Å². The molecule has 0 heterocycles. The van der Waals surface area contributed by atoms with Crippen LogP contribution in [-0.4, -0.2) is 42.7 Å². The van der Waals surface area contributed by atoms with E-state index in [2.05, 4.69) is 5.32 Å². The zero-order valence-electron chi connectivity index (χ0n) is 12.8. The lowest BCUT2D eigenvalue weighted by atomic mass is 10.1. The SMILES string of the molecule is CC(NC(=O)CN(C)CCCCCO)c1ccccc1Cl. The van der Waals surface area contributed by atoms with Crippen LogP contribution in [0.1, 0.15) is 37.8 Å². The van der Waals surface area contributed by atoms with Crippen LogP contribution in [0.3, 0.4) is 0 Å². The largest absolute Gasteiger partial charge is 0.396 e. The molecule has 1 rings (SSSR count). The first-order chi connectivity index (χ1) is 10.0. The Morgan fingerprint density at radius 3 is 2.71 bits per heavy atom. The number of nitrogens with zero attached hydrogens (tertiary/aromatic N) is 1. The zero-order chi connectivity index (χ0) is 15.7. The maximum Gasteiger partial charge on any atom is 0.234 e. The Morgan fingerprint density at radius 1 is 1.33 bits per heavy atom. The molecular formula is C16H25ClN2O2. The minimum atomic E-state index is -0.103. The third-order valence-corrected chi connectivity index (χ3v) is 3.70. The molecule has 0 saturated heterocycles. The Morgan fingerprint density at radius 2 is 2.05 bits per heavy atom. The first-order valence-corrected chi connectivity index (χ1v) is 7.75. The van der Waals surface area contributed by atoms with E-state index in [1.165, 1.54) is 0 Å². The summed E-state index contributed by atoms with van der Waals surface area (Å²) in [4.78, 5) is 14.0. The third kappa shape index (κ3) is 6.93. The Labute approximate surface area is 132 Å². The molecule has 1 aromatic carbocycles. The van der Waals surface area contributed by atoms with Crippen molar-refractivity contribution in [1.29, 1.82) is 0 Å². The van der Waals surface area contributed by atoms with E-state index in [-0.39, 0.29) is 18.6 Å². The van der Waals surface area contributed by atoms with Crippen LogP contribution in [0, 0.1) is 0 Å². The van der Waals surface area contributed by atoms with E-state index in [0.29, 0.717) is 11.6 Å². The van der Waals surface area contributed by atoms with Crippen LogP contribution >= 0.6 is 11.6 Å². The fraction of sp³-hybridized carbons (Fsp3) is 0.562. The highest BCUT2D eigenvalue weighted by Crippen LogP contribution is 2.21. The number of halogens is 1. The summed E-state index contributed by atoms with van der Waals surface area (Å²) in [7, 11) is 1.93. The van der Waals surface area contributed by atoms with E-state index in [1.807, 2.05) is 43.1 Å². The van der Waals surface area contributed by atoms with Crippen molar-refractivity contribution in [3.63, 3.8) is 0 Å². The lowest BCUT2D eigenvalue weighted by molar-refractivity contribution is -0.122. The Balaban J connectivity index is 2.34. The zero-order valence-corrected chi connectivity index (χ0v) is 13.6. The van der Waals surface area contributed by atoms with E-state index in [9.17, 15) is 4.79 Å². The number of rotatable bonds is 9. The van der Waals surface area contributed by atoms with E-state index in [1.54, 1.807) is 0 Å². The van der Waals surface area contributed by atoms with Crippen molar-refractivity contribution >= 4 is 17.5 Å². The Hall–Kier alpha value is -1.10. The molecular weight excluding hydrogens is 288 g/mol. The summed E-state index contributed by atoms with van der Waals surface area (Å²) in [5, 5.41) is 12.4. The molecule has 118 valence electrons. The van der Waals surface area contributed by atoms with E-state index in [0.717, 1.165) is 31.4 Å². The van der Waals surface area contributed by atoms with Crippen molar-refractivity contribution in [2.75, 3.05) is 26.7 Å². The number of amides is 1. The predicted octanol–water partition coefficient (Wildman–Crippen LogP) is 2.61. The van der Waals surface area contributed by atoms with Crippen LogP contribution in [0.2, 0.25) is 5.02 Å². The summed E-state index contributed by atoms with van der Waals surface area (Å²) >= 11 is 6.12. The van der Waals surface area contributed by atoms with Crippen LogP contribution in [0.5, 0.6) is 0 Å². The van der Waals surface area contributed by atoms with Gasteiger partial charge in [-0.3, -0.25) is 9.69 Å². The normalized spacial score (nSPS) is 12.4. The molecule has 0 aliphatic carbocycles. The van der Waals surface area contributed by atoms with Gasteiger partial charge in [0, 0.05) is 11.6 Å². The van der Waals surface area contributed by atoms with Crippen LogP contribution in [0.4, 0.5) is 0 Å². The molecule has 2 N–H and O–H groups in total. The van der Waals surface area contributed by atoms with Gasteiger partial charge in [0.25, 0.3) is 0 Å². The lowest BCUT2D eigenvalue weighted by Gasteiger charge is -2.19. The number of aliphatic hydroxyl groups excluding tert-OH is 1. The number of nitrogens with one attached hydrogen (secondary N) is 1. The maximum absolute atomic E-state index is 12.0. The Bertz CT molecular complexity index is 440. The second kappa shape index (κ2) is 9.77. The molecule has 0 aliphatic heterocycles. The summed E-state index contributed by atoms with van der Waals surface area (Å²) in [6.45, 7) is 3.39. The molecule has 0 aliphatic rings. The molecule has 0 radical (unpaired) electrons. The molecule has 1 unspecified atom stereocenters. The second-order valence-electron chi connectivity index (χ2n) is 5.33. The van der Waals surface area contributed by atoms with Crippen molar-refractivity contribution in [3.8, 4) is 0 Å². The second-order valence-corrected chi connectivity index (χ2v) is 5.74. The van der Waals surface area contributed by atoms with Gasteiger partial charge in [-0.15, -0.1) is 0 Å². The van der Waals surface area contributed by atoms with Gasteiger partial charge >= 0.3 is 0 Å². The number of likely N-dealkylation sites (N-methyl/N-ethyl adjacent to an activating group) is 1. The average molecular weight is 313 g/mol. The van der Waals surface area contributed by atoms with Crippen molar-refractivity contribution in [1.82, 2.24) is 10.2 Å². The van der Waals surface area contributed by atoms with Crippen molar-refractivity contribution < 1.29 is 9.90 Å². The molecule has 0 bridgehead atoms. The number of hydrogen-bond donors (Lipinski definition) is 2. The summed E-state index contributed by atoms with van der Waals surface area (Å²) in [5.41, 5.74) is 0.929. The van der Waals surface area contributed by atoms with Crippen LogP contribution in [-0.2, 0) is 4.79 Å².